The molecular formula is C18H20N2O3. The van der Waals surface area contributed by atoms with E-state index in [1.54, 1.807) is 19.3 Å². The van der Waals surface area contributed by atoms with Crippen molar-refractivity contribution in [2.45, 2.75) is 18.4 Å². The number of hydrogen-bond acceptors (Lipinski definition) is 3. The predicted octanol–water partition coefficient (Wildman–Crippen LogP) is 1.41. The Kier molecular flexibility index (Phi) is 4.05. The molecule has 0 aliphatic heterocycles. The number of hydrogen-bond donors (Lipinski definition) is 2. The molecule has 1 heterocycles. The van der Waals surface area contributed by atoms with Gasteiger partial charge < -0.3 is 15.0 Å². The molecule has 5 heteroatoms. The van der Waals surface area contributed by atoms with Gasteiger partial charge in [-0.1, -0.05) is 30.3 Å². The van der Waals surface area contributed by atoms with Crippen LogP contribution < -0.4 is 10.9 Å². The van der Waals surface area contributed by atoms with Crippen molar-refractivity contribution in [3.05, 3.63) is 70.1 Å². The Morgan fingerprint density at radius 3 is 2.61 bits per heavy atom. The standard InChI is InChI=1S/C18H20N2O3/c1-20-11-5-8-15(17(20)22)16(21)19-12-18(23,14-9-10-14)13-6-3-2-4-7-13/h2-8,11,14,23H,9-10,12H2,1H3,(H,19,21)/t18-/m1/s1. The van der Waals surface area contributed by atoms with Crippen LogP contribution in [0.15, 0.2) is 53.5 Å². The zero-order valence-electron chi connectivity index (χ0n) is 13.0. The fourth-order valence-electron chi connectivity index (χ4n) is 2.85. The van der Waals surface area contributed by atoms with Crippen molar-refractivity contribution in [3.63, 3.8) is 0 Å². The topological polar surface area (TPSA) is 71.3 Å². The van der Waals surface area contributed by atoms with Crippen LogP contribution in [0.3, 0.4) is 0 Å². The first-order chi connectivity index (χ1) is 11.0. The van der Waals surface area contributed by atoms with Crippen LogP contribution in [0.4, 0.5) is 0 Å². The molecule has 1 aromatic carbocycles. The van der Waals surface area contributed by atoms with E-state index >= 15 is 0 Å². The minimum absolute atomic E-state index is 0.0845. The van der Waals surface area contributed by atoms with Crippen LogP contribution in [-0.2, 0) is 12.6 Å². The third-order valence-corrected chi connectivity index (χ3v) is 4.41. The minimum atomic E-state index is -1.09. The highest BCUT2D eigenvalue weighted by molar-refractivity contribution is 5.93. The van der Waals surface area contributed by atoms with Gasteiger partial charge in [-0.3, -0.25) is 9.59 Å². The summed E-state index contributed by atoms with van der Waals surface area (Å²) >= 11 is 0. The van der Waals surface area contributed by atoms with Crippen LogP contribution in [-0.4, -0.2) is 22.1 Å². The molecule has 1 aromatic heterocycles. The van der Waals surface area contributed by atoms with Gasteiger partial charge >= 0.3 is 0 Å². The lowest BCUT2D eigenvalue weighted by Gasteiger charge is -2.29. The highest BCUT2D eigenvalue weighted by Crippen LogP contribution is 2.45. The van der Waals surface area contributed by atoms with Crippen LogP contribution >= 0.6 is 0 Å². The fourth-order valence-corrected chi connectivity index (χ4v) is 2.85. The van der Waals surface area contributed by atoms with Gasteiger partial charge in [0.25, 0.3) is 11.5 Å². The third-order valence-electron chi connectivity index (χ3n) is 4.41. The van der Waals surface area contributed by atoms with Crippen molar-refractivity contribution >= 4 is 5.91 Å². The lowest BCUT2D eigenvalue weighted by atomic mass is 9.88. The Morgan fingerprint density at radius 2 is 1.96 bits per heavy atom. The van der Waals surface area contributed by atoms with Crippen molar-refractivity contribution in [2.24, 2.45) is 13.0 Å². The van der Waals surface area contributed by atoms with Gasteiger partial charge in [0, 0.05) is 13.2 Å². The lowest BCUT2D eigenvalue weighted by Crippen LogP contribution is -2.43. The van der Waals surface area contributed by atoms with E-state index < -0.39 is 11.5 Å². The van der Waals surface area contributed by atoms with Crippen LogP contribution in [0.25, 0.3) is 0 Å². The first kappa shape index (κ1) is 15.5. The normalized spacial score (nSPS) is 16.6. The predicted molar refractivity (Wildman–Crippen MR) is 87.1 cm³/mol. The summed E-state index contributed by atoms with van der Waals surface area (Å²) < 4.78 is 1.36. The SMILES string of the molecule is Cn1cccc(C(=O)NC[C@@](O)(c2ccccc2)C2CC2)c1=O. The molecule has 1 fully saturated rings. The van der Waals surface area contributed by atoms with Crippen LogP contribution in [0.1, 0.15) is 28.8 Å². The van der Waals surface area contributed by atoms with Crippen LogP contribution in [0, 0.1) is 5.92 Å². The average molecular weight is 312 g/mol. The number of aryl methyl sites for hydroxylation is 1. The van der Waals surface area contributed by atoms with Crippen molar-refractivity contribution in [3.8, 4) is 0 Å². The smallest absolute Gasteiger partial charge is 0.263 e. The molecule has 1 aliphatic rings. The zero-order chi connectivity index (χ0) is 16.4. The second kappa shape index (κ2) is 6.01. The molecule has 0 radical (unpaired) electrons. The van der Waals surface area contributed by atoms with E-state index in [-0.39, 0.29) is 23.6 Å². The quantitative estimate of drug-likeness (QED) is 0.877. The Labute approximate surface area is 134 Å². The van der Waals surface area contributed by atoms with E-state index in [9.17, 15) is 14.7 Å². The summed E-state index contributed by atoms with van der Waals surface area (Å²) in [6.07, 6.45) is 3.48. The maximum Gasteiger partial charge on any atom is 0.263 e. The first-order valence-electron chi connectivity index (χ1n) is 7.74. The molecule has 2 aromatic rings. The first-order valence-corrected chi connectivity index (χ1v) is 7.74. The molecule has 0 saturated heterocycles. The zero-order valence-corrected chi connectivity index (χ0v) is 13.0. The molecule has 0 unspecified atom stereocenters. The van der Waals surface area contributed by atoms with Crippen molar-refractivity contribution in [1.29, 1.82) is 0 Å². The molecule has 1 amide bonds. The maximum atomic E-state index is 12.3. The number of benzene rings is 1. The highest BCUT2D eigenvalue weighted by atomic mass is 16.3. The Hall–Kier alpha value is -2.40. The van der Waals surface area contributed by atoms with Gasteiger partial charge in [-0.05, 0) is 36.5 Å². The van der Waals surface area contributed by atoms with E-state index in [4.69, 9.17) is 0 Å². The average Bonchev–Trinajstić information content (AvgIpc) is 3.41. The Morgan fingerprint density at radius 1 is 1.26 bits per heavy atom. The van der Waals surface area contributed by atoms with Gasteiger partial charge in [-0.2, -0.15) is 0 Å². The van der Waals surface area contributed by atoms with Gasteiger partial charge in [0.2, 0.25) is 0 Å². The van der Waals surface area contributed by atoms with Crippen molar-refractivity contribution < 1.29 is 9.90 Å². The van der Waals surface area contributed by atoms with E-state index in [0.29, 0.717) is 0 Å². The molecule has 2 N–H and O–H groups in total. The molecule has 0 bridgehead atoms. The summed E-state index contributed by atoms with van der Waals surface area (Å²) in [7, 11) is 1.60. The summed E-state index contributed by atoms with van der Waals surface area (Å²) in [6, 6.07) is 12.5. The summed E-state index contributed by atoms with van der Waals surface area (Å²) in [6.45, 7) is 0.0958. The van der Waals surface area contributed by atoms with Gasteiger partial charge in [-0.25, -0.2) is 0 Å². The lowest BCUT2D eigenvalue weighted by molar-refractivity contribution is 0.0135. The Balaban J connectivity index is 1.79. The van der Waals surface area contributed by atoms with E-state index in [0.717, 1.165) is 18.4 Å². The monoisotopic (exact) mass is 312 g/mol. The molecule has 3 rings (SSSR count). The molecule has 0 spiro atoms. The van der Waals surface area contributed by atoms with E-state index in [2.05, 4.69) is 5.32 Å². The number of carbonyl (C=O) groups excluding carboxylic acids is 1. The summed E-state index contributed by atoms with van der Waals surface area (Å²) in [5, 5.41) is 13.8. The molecule has 5 nitrogen and oxygen atoms in total. The fraction of sp³-hybridized carbons (Fsp3) is 0.333. The van der Waals surface area contributed by atoms with Crippen molar-refractivity contribution in [2.75, 3.05) is 6.54 Å². The number of carbonyl (C=O) groups is 1. The van der Waals surface area contributed by atoms with Crippen molar-refractivity contribution in [1.82, 2.24) is 9.88 Å². The van der Waals surface area contributed by atoms with Crippen LogP contribution in [0.5, 0.6) is 0 Å². The summed E-state index contributed by atoms with van der Waals surface area (Å²) in [4.78, 5) is 24.3. The van der Waals surface area contributed by atoms with Gasteiger partial charge in [-0.15, -0.1) is 0 Å². The Bertz CT molecular complexity index is 765. The second-order valence-electron chi connectivity index (χ2n) is 6.09. The number of rotatable bonds is 5. The summed E-state index contributed by atoms with van der Waals surface area (Å²) in [5.41, 5.74) is -0.554. The molecule has 23 heavy (non-hydrogen) atoms. The highest BCUT2D eigenvalue weighted by Gasteiger charge is 2.45. The van der Waals surface area contributed by atoms with Crippen LogP contribution in [0.2, 0.25) is 0 Å². The molecule has 1 aliphatic carbocycles. The second-order valence-corrected chi connectivity index (χ2v) is 6.09. The van der Waals surface area contributed by atoms with E-state index in [1.807, 2.05) is 30.3 Å². The number of aromatic nitrogens is 1. The third kappa shape index (κ3) is 3.05. The number of pyridine rings is 1. The molecule has 1 saturated carbocycles. The number of nitrogens with zero attached hydrogens (tertiary/aromatic N) is 1. The molecule has 1 atom stereocenters. The summed E-state index contributed by atoms with van der Waals surface area (Å²) in [5.74, 6) is -0.315. The number of amides is 1. The largest absolute Gasteiger partial charge is 0.383 e. The molecule has 120 valence electrons. The minimum Gasteiger partial charge on any atom is -0.383 e. The van der Waals surface area contributed by atoms with Gasteiger partial charge in [0.15, 0.2) is 0 Å². The van der Waals surface area contributed by atoms with Gasteiger partial charge in [0.05, 0.1) is 6.54 Å². The molecular weight excluding hydrogens is 292 g/mol. The number of nitrogens with one attached hydrogen (secondary N) is 1. The van der Waals surface area contributed by atoms with Gasteiger partial charge in [0.1, 0.15) is 11.2 Å². The number of aliphatic hydroxyl groups is 1. The van der Waals surface area contributed by atoms with E-state index in [1.165, 1.54) is 10.6 Å². The maximum absolute atomic E-state index is 12.3.